The van der Waals surface area contributed by atoms with Crippen LogP contribution in [-0.4, -0.2) is 31.8 Å². The summed E-state index contributed by atoms with van der Waals surface area (Å²) in [6.45, 7) is 1.39. The fourth-order valence-corrected chi connectivity index (χ4v) is 2.72. The van der Waals surface area contributed by atoms with Crippen molar-refractivity contribution >= 4 is 23.4 Å². The number of nitrogens with zero attached hydrogens (tertiary/aromatic N) is 1. The molecule has 6 heteroatoms. The highest BCUT2D eigenvalue weighted by atomic mass is 32.2. The van der Waals surface area contributed by atoms with Crippen LogP contribution in [0.5, 0.6) is 0 Å². The molecule has 0 saturated carbocycles. The van der Waals surface area contributed by atoms with Crippen LogP contribution in [0.15, 0.2) is 59.5 Å². The molecule has 1 N–H and O–H groups in total. The molecule has 0 radical (unpaired) electrons. The van der Waals surface area contributed by atoms with Crippen LogP contribution in [0, 0.1) is 0 Å². The minimum atomic E-state index is -2.45. The number of thioether (sulfide) groups is 1. The molecule has 24 heavy (non-hydrogen) atoms. The molecule has 0 aliphatic rings. The molecular weight excluding hydrogens is 330 g/mol. The second-order valence-electron chi connectivity index (χ2n) is 5.27. The lowest BCUT2D eigenvalue weighted by molar-refractivity contribution is 0.0953. The van der Waals surface area contributed by atoms with E-state index < -0.39 is 5.76 Å². The monoisotopic (exact) mass is 350 g/mol. The number of alkyl halides is 2. The van der Waals surface area contributed by atoms with E-state index >= 15 is 0 Å². The summed E-state index contributed by atoms with van der Waals surface area (Å²) in [5.74, 6) is -2.64. The third-order valence-electron chi connectivity index (χ3n) is 3.49. The summed E-state index contributed by atoms with van der Waals surface area (Å²) in [5.41, 5.74) is 1.61. The molecule has 0 aliphatic heterocycles. The van der Waals surface area contributed by atoms with Gasteiger partial charge in [0.15, 0.2) is 0 Å². The highest BCUT2D eigenvalue weighted by Crippen LogP contribution is 2.25. The van der Waals surface area contributed by atoms with Crippen molar-refractivity contribution in [2.75, 3.05) is 25.0 Å². The van der Waals surface area contributed by atoms with Gasteiger partial charge >= 0.3 is 0 Å². The van der Waals surface area contributed by atoms with Crippen molar-refractivity contribution < 1.29 is 13.6 Å². The van der Waals surface area contributed by atoms with E-state index in [0.29, 0.717) is 28.8 Å². The Labute approximate surface area is 145 Å². The molecule has 0 spiro atoms. The van der Waals surface area contributed by atoms with E-state index in [0.717, 1.165) is 18.7 Å². The third-order valence-corrected chi connectivity index (χ3v) is 4.22. The number of rotatable bonds is 8. The number of benzene rings is 2. The molecule has 1 amide bonds. The van der Waals surface area contributed by atoms with Crippen molar-refractivity contribution in [1.29, 1.82) is 0 Å². The lowest BCUT2D eigenvalue weighted by Crippen LogP contribution is -2.28. The van der Waals surface area contributed by atoms with Crippen LogP contribution in [0.3, 0.4) is 0 Å². The van der Waals surface area contributed by atoms with Crippen LogP contribution in [0.1, 0.15) is 16.8 Å². The van der Waals surface area contributed by atoms with Gasteiger partial charge in [-0.2, -0.15) is 8.78 Å². The largest absolute Gasteiger partial charge is 0.375 e. The van der Waals surface area contributed by atoms with Gasteiger partial charge in [0.1, 0.15) is 0 Å². The molecule has 0 bridgehead atoms. The van der Waals surface area contributed by atoms with Gasteiger partial charge in [-0.05, 0) is 42.8 Å². The van der Waals surface area contributed by atoms with Gasteiger partial charge in [-0.3, -0.25) is 4.79 Å². The number of anilines is 1. The number of hydrogen-bond acceptors (Lipinski definition) is 3. The number of nitrogens with one attached hydrogen (secondary N) is 1. The molecule has 2 rings (SSSR count). The highest BCUT2D eigenvalue weighted by Gasteiger charge is 2.08. The van der Waals surface area contributed by atoms with Crippen LogP contribution < -0.4 is 10.2 Å². The standard InChI is InChI=1S/C18H20F2N2OS/c1-22(15-6-3-2-4-7-15)13-5-12-21-17(23)14-8-10-16(11-9-14)24-18(19)20/h2-4,6-11,18H,5,12-13H2,1H3,(H,21,23). The molecule has 0 heterocycles. The summed E-state index contributed by atoms with van der Waals surface area (Å²) in [6.07, 6.45) is 0.816. The first-order valence-electron chi connectivity index (χ1n) is 7.65. The predicted molar refractivity (Wildman–Crippen MR) is 95.0 cm³/mol. The maximum absolute atomic E-state index is 12.3. The maximum Gasteiger partial charge on any atom is 0.288 e. The summed E-state index contributed by atoms with van der Waals surface area (Å²) >= 11 is 0.471. The first kappa shape index (κ1) is 18.3. The summed E-state index contributed by atoms with van der Waals surface area (Å²) in [4.78, 5) is 14.6. The topological polar surface area (TPSA) is 32.3 Å². The molecule has 0 saturated heterocycles. The Hall–Kier alpha value is -2.08. The van der Waals surface area contributed by atoms with Gasteiger partial charge in [-0.15, -0.1) is 0 Å². The van der Waals surface area contributed by atoms with E-state index in [1.54, 1.807) is 12.1 Å². The zero-order chi connectivity index (χ0) is 17.4. The van der Waals surface area contributed by atoms with Crippen molar-refractivity contribution in [1.82, 2.24) is 5.32 Å². The average Bonchev–Trinajstić information content (AvgIpc) is 2.59. The first-order chi connectivity index (χ1) is 11.6. The van der Waals surface area contributed by atoms with E-state index in [1.165, 1.54) is 12.1 Å². The van der Waals surface area contributed by atoms with Gasteiger partial charge in [0.25, 0.3) is 11.7 Å². The molecule has 3 nitrogen and oxygen atoms in total. The Morgan fingerprint density at radius 1 is 1.12 bits per heavy atom. The minimum absolute atomic E-state index is 0.189. The Balaban J connectivity index is 1.73. The SMILES string of the molecule is CN(CCCNC(=O)c1ccc(SC(F)F)cc1)c1ccccc1. The van der Waals surface area contributed by atoms with Gasteiger partial charge in [0, 0.05) is 36.3 Å². The minimum Gasteiger partial charge on any atom is -0.375 e. The number of hydrogen-bond donors (Lipinski definition) is 1. The normalized spacial score (nSPS) is 10.7. The van der Waals surface area contributed by atoms with Crippen molar-refractivity contribution in [3.05, 3.63) is 60.2 Å². The summed E-state index contributed by atoms with van der Waals surface area (Å²) < 4.78 is 24.5. The molecule has 2 aromatic rings. The van der Waals surface area contributed by atoms with Gasteiger partial charge in [0.2, 0.25) is 0 Å². The molecule has 0 atom stereocenters. The van der Waals surface area contributed by atoms with E-state index in [-0.39, 0.29) is 5.91 Å². The summed E-state index contributed by atoms with van der Waals surface area (Å²) in [5, 5.41) is 2.85. The molecular formula is C18H20F2N2OS. The van der Waals surface area contributed by atoms with Crippen LogP contribution >= 0.6 is 11.8 Å². The van der Waals surface area contributed by atoms with Gasteiger partial charge < -0.3 is 10.2 Å². The second-order valence-corrected chi connectivity index (χ2v) is 6.33. The van der Waals surface area contributed by atoms with Crippen LogP contribution in [0.25, 0.3) is 0 Å². The predicted octanol–water partition coefficient (Wildman–Crippen LogP) is 4.26. The van der Waals surface area contributed by atoms with E-state index in [4.69, 9.17) is 0 Å². The van der Waals surface area contributed by atoms with Gasteiger partial charge in [-0.25, -0.2) is 0 Å². The van der Waals surface area contributed by atoms with Crippen molar-refractivity contribution in [2.45, 2.75) is 17.1 Å². The number of carbonyl (C=O) groups is 1. The van der Waals surface area contributed by atoms with Crippen LogP contribution in [0.4, 0.5) is 14.5 Å². The fraction of sp³-hybridized carbons (Fsp3) is 0.278. The summed E-state index contributed by atoms with van der Waals surface area (Å²) in [7, 11) is 2.01. The average molecular weight is 350 g/mol. The van der Waals surface area contributed by atoms with Gasteiger partial charge in [-0.1, -0.05) is 30.0 Å². The number of amides is 1. The smallest absolute Gasteiger partial charge is 0.288 e. The summed E-state index contributed by atoms with van der Waals surface area (Å²) in [6, 6.07) is 16.2. The Bertz CT molecular complexity index is 635. The zero-order valence-corrected chi connectivity index (χ0v) is 14.2. The molecule has 0 fully saturated rings. The van der Waals surface area contributed by atoms with Crippen LogP contribution in [-0.2, 0) is 0 Å². The Kier molecular flexibility index (Phi) is 7.06. The third kappa shape index (κ3) is 5.85. The number of halogens is 2. The van der Waals surface area contributed by atoms with Crippen LogP contribution in [0.2, 0.25) is 0 Å². The Morgan fingerprint density at radius 2 is 1.79 bits per heavy atom. The first-order valence-corrected chi connectivity index (χ1v) is 8.53. The fourth-order valence-electron chi connectivity index (χ4n) is 2.22. The van der Waals surface area contributed by atoms with E-state index in [9.17, 15) is 13.6 Å². The quantitative estimate of drug-likeness (QED) is 0.570. The van der Waals surface area contributed by atoms with Gasteiger partial charge in [0.05, 0.1) is 0 Å². The second kappa shape index (κ2) is 9.27. The maximum atomic E-state index is 12.3. The lowest BCUT2D eigenvalue weighted by atomic mass is 10.2. The van der Waals surface area contributed by atoms with Crippen molar-refractivity contribution in [3.63, 3.8) is 0 Å². The zero-order valence-electron chi connectivity index (χ0n) is 13.4. The molecule has 0 aromatic heterocycles. The van der Waals surface area contributed by atoms with Crippen molar-refractivity contribution in [2.24, 2.45) is 0 Å². The van der Waals surface area contributed by atoms with E-state index in [2.05, 4.69) is 10.2 Å². The molecule has 128 valence electrons. The molecule has 0 aliphatic carbocycles. The van der Waals surface area contributed by atoms with Crippen molar-refractivity contribution in [3.8, 4) is 0 Å². The molecule has 2 aromatic carbocycles. The van der Waals surface area contributed by atoms with E-state index in [1.807, 2.05) is 37.4 Å². The number of para-hydroxylation sites is 1. The molecule has 0 unspecified atom stereocenters. The highest BCUT2D eigenvalue weighted by molar-refractivity contribution is 7.99. The number of carbonyl (C=O) groups excluding carboxylic acids is 1. The Morgan fingerprint density at radius 3 is 2.42 bits per heavy atom. The lowest BCUT2D eigenvalue weighted by Gasteiger charge is -2.19.